The monoisotopic (exact) mass is 428 g/mol. The van der Waals surface area contributed by atoms with Crippen LogP contribution in [0.4, 0.5) is 17.1 Å². The first kappa shape index (κ1) is 20.4. The third kappa shape index (κ3) is 4.49. The molecule has 0 saturated heterocycles. The van der Waals surface area contributed by atoms with Crippen LogP contribution in [0.3, 0.4) is 0 Å². The van der Waals surface area contributed by atoms with Gasteiger partial charge < -0.3 is 0 Å². The Balaban J connectivity index is 1.63. The van der Waals surface area contributed by atoms with E-state index in [1.807, 2.05) is 30.3 Å². The van der Waals surface area contributed by atoms with Gasteiger partial charge in [-0.2, -0.15) is 10.2 Å². The van der Waals surface area contributed by atoms with Crippen LogP contribution in [0.1, 0.15) is 5.56 Å². The molecule has 0 spiro atoms. The molecule has 0 amide bonds. The van der Waals surface area contributed by atoms with Gasteiger partial charge in [0, 0.05) is 41.6 Å². The van der Waals surface area contributed by atoms with E-state index >= 15 is 0 Å². The Morgan fingerprint density at radius 3 is 2.03 bits per heavy atom. The lowest BCUT2D eigenvalue weighted by Gasteiger charge is -2.01. The summed E-state index contributed by atoms with van der Waals surface area (Å²) in [5.74, 6) is 0. The molecule has 10 nitrogen and oxygen atoms in total. The van der Waals surface area contributed by atoms with Gasteiger partial charge in [-0.15, -0.1) is 0 Å². The minimum atomic E-state index is -0.466. The zero-order valence-electron chi connectivity index (χ0n) is 16.5. The fourth-order valence-electron chi connectivity index (χ4n) is 3.00. The number of benzene rings is 3. The summed E-state index contributed by atoms with van der Waals surface area (Å²) in [5, 5.41) is 30.5. The van der Waals surface area contributed by atoms with Crippen LogP contribution in [0.15, 0.2) is 90.2 Å². The maximum atomic E-state index is 10.9. The average molecular weight is 428 g/mol. The first-order valence-corrected chi connectivity index (χ1v) is 9.45. The highest BCUT2D eigenvalue weighted by molar-refractivity contribution is 5.89. The van der Waals surface area contributed by atoms with E-state index in [2.05, 4.69) is 15.6 Å². The molecule has 0 aliphatic rings. The molecule has 4 rings (SSSR count). The summed E-state index contributed by atoms with van der Waals surface area (Å²) in [5.41, 5.74) is 6.36. The molecule has 3 aromatic carbocycles. The second kappa shape index (κ2) is 8.88. The lowest BCUT2D eigenvalue weighted by Crippen LogP contribution is -1.95. The summed E-state index contributed by atoms with van der Waals surface area (Å²) >= 11 is 0. The Bertz CT molecular complexity index is 1280. The number of aromatic nitrogens is 2. The number of rotatable bonds is 7. The predicted molar refractivity (Wildman–Crippen MR) is 120 cm³/mol. The van der Waals surface area contributed by atoms with Crippen LogP contribution in [0.2, 0.25) is 0 Å². The predicted octanol–water partition coefficient (Wildman–Crippen LogP) is 4.80. The zero-order chi connectivity index (χ0) is 22.5. The maximum absolute atomic E-state index is 10.9. The maximum Gasteiger partial charge on any atom is 0.269 e. The van der Waals surface area contributed by atoms with E-state index in [1.54, 1.807) is 41.4 Å². The van der Waals surface area contributed by atoms with Crippen LogP contribution in [0.25, 0.3) is 16.9 Å². The zero-order valence-corrected chi connectivity index (χ0v) is 16.5. The largest absolute Gasteiger partial charge is 0.278 e. The SMILES string of the molecule is O=[N+]([O-])c1ccc(N/N=C/c2cn(-c3ccc([N+](=O)[O-])cc3)nc2-c2ccccc2)cc1. The Labute approximate surface area is 181 Å². The number of nitro benzene ring substituents is 2. The summed E-state index contributed by atoms with van der Waals surface area (Å²) in [7, 11) is 0. The van der Waals surface area contributed by atoms with Crippen molar-refractivity contribution >= 4 is 23.3 Å². The quantitative estimate of drug-likeness (QED) is 0.256. The van der Waals surface area contributed by atoms with Crippen molar-refractivity contribution < 1.29 is 9.85 Å². The summed E-state index contributed by atoms with van der Waals surface area (Å²) in [6.07, 6.45) is 3.36. The first-order valence-electron chi connectivity index (χ1n) is 9.45. The summed E-state index contributed by atoms with van der Waals surface area (Å²) < 4.78 is 1.62. The van der Waals surface area contributed by atoms with Gasteiger partial charge in [0.1, 0.15) is 5.69 Å². The van der Waals surface area contributed by atoms with Crippen LogP contribution < -0.4 is 5.43 Å². The normalized spacial score (nSPS) is 10.9. The van der Waals surface area contributed by atoms with Gasteiger partial charge in [-0.1, -0.05) is 30.3 Å². The lowest BCUT2D eigenvalue weighted by atomic mass is 10.1. The van der Waals surface area contributed by atoms with Crippen molar-refractivity contribution in [3.63, 3.8) is 0 Å². The molecule has 0 aliphatic heterocycles. The molecule has 0 radical (unpaired) electrons. The third-order valence-corrected chi connectivity index (χ3v) is 4.59. The van der Waals surface area contributed by atoms with Crippen molar-refractivity contribution in [2.45, 2.75) is 0 Å². The molecule has 0 aliphatic carbocycles. The number of hydrogen-bond donors (Lipinski definition) is 1. The Hall–Kier alpha value is -4.86. The van der Waals surface area contributed by atoms with E-state index in [0.717, 1.165) is 5.56 Å². The molecule has 1 aromatic heterocycles. The van der Waals surface area contributed by atoms with Gasteiger partial charge in [-0.25, -0.2) is 4.68 Å². The van der Waals surface area contributed by atoms with Gasteiger partial charge in [0.2, 0.25) is 0 Å². The number of anilines is 1. The first-order chi connectivity index (χ1) is 15.5. The van der Waals surface area contributed by atoms with Crippen molar-refractivity contribution in [1.82, 2.24) is 9.78 Å². The third-order valence-electron chi connectivity index (χ3n) is 4.59. The van der Waals surface area contributed by atoms with E-state index in [0.29, 0.717) is 22.6 Å². The van der Waals surface area contributed by atoms with Crippen molar-refractivity contribution in [2.75, 3.05) is 5.43 Å². The second-order valence-corrected chi connectivity index (χ2v) is 6.69. The van der Waals surface area contributed by atoms with Crippen molar-refractivity contribution in [3.8, 4) is 16.9 Å². The highest BCUT2D eigenvalue weighted by atomic mass is 16.6. The standard InChI is InChI=1S/C22H16N6O4/c29-27(30)20-8-6-18(7-9-20)24-23-14-17-15-26(19-10-12-21(13-11-19)28(31)32)25-22(17)16-4-2-1-3-5-16/h1-15,24H/b23-14+. The number of nitrogens with one attached hydrogen (secondary N) is 1. The molecule has 158 valence electrons. The molecule has 32 heavy (non-hydrogen) atoms. The van der Waals surface area contributed by atoms with E-state index in [9.17, 15) is 20.2 Å². The second-order valence-electron chi connectivity index (χ2n) is 6.69. The minimum Gasteiger partial charge on any atom is -0.278 e. The smallest absolute Gasteiger partial charge is 0.269 e. The van der Waals surface area contributed by atoms with E-state index in [1.165, 1.54) is 24.3 Å². The number of non-ortho nitro benzene ring substituents is 2. The van der Waals surface area contributed by atoms with Crippen LogP contribution in [0.5, 0.6) is 0 Å². The molecule has 0 bridgehead atoms. The van der Waals surface area contributed by atoms with Crippen molar-refractivity contribution in [1.29, 1.82) is 0 Å². The highest BCUT2D eigenvalue weighted by Gasteiger charge is 2.12. The molecule has 4 aromatic rings. The van der Waals surface area contributed by atoms with Gasteiger partial charge in [-0.3, -0.25) is 25.7 Å². The van der Waals surface area contributed by atoms with Crippen LogP contribution in [-0.4, -0.2) is 25.8 Å². The fourth-order valence-corrected chi connectivity index (χ4v) is 3.00. The molecule has 1 N–H and O–H groups in total. The molecule has 10 heteroatoms. The van der Waals surface area contributed by atoms with Gasteiger partial charge in [0.15, 0.2) is 0 Å². The molecular formula is C22H16N6O4. The van der Waals surface area contributed by atoms with E-state index < -0.39 is 9.85 Å². The molecule has 0 saturated carbocycles. The number of hydrazone groups is 1. The Kier molecular flexibility index (Phi) is 5.66. The van der Waals surface area contributed by atoms with Crippen LogP contribution >= 0.6 is 0 Å². The molecule has 1 heterocycles. The van der Waals surface area contributed by atoms with Gasteiger partial charge in [-0.05, 0) is 24.3 Å². The summed E-state index contributed by atoms with van der Waals surface area (Å²) in [6, 6.07) is 21.5. The van der Waals surface area contributed by atoms with E-state index in [4.69, 9.17) is 0 Å². The van der Waals surface area contributed by atoms with Crippen molar-refractivity contribution in [2.24, 2.45) is 5.10 Å². The topological polar surface area (TPSA) is 128 Å². The molecule has 0 atom stereocenters. The summed E-state index contributed by atoms with van der Waals surface area (Å²) in [6.45, 7) is 0. The summed E-state index contributed by atoms with van der Waals surface area (Å²) in [4.78, 5) is 20.8. The lowest BCUT2D eigenvalue weighted by molar-refractivity contribution is -0.385. The van der Waals surface area contributed by atoms with Crippen LogP contribution in [0, 0.1) is 20.2 Å². The van der Waals surface area contributed by atoms with Gasteiger partial charge in [0.05, 0.1) is 27.4 Å². The van der Waals surface area contributed by atoms with Gasteiger partial charge in [0.25, 0.3) is 11.4 Å². The van der Waals surface area contributed by atoms with Crippen LogP contribution in [-0.2, 0) is 0 Å². The Morgan fingerprint density at radius 2 is 1.44 bits per heavy atom. The minimum absolute atomic E-state index is 0.00160. The van der Waals surface area contributed by atoms with Crippen molar-refractivity contribution in [3.05, 3.63) is 111 Å². The molecular weight excluding hydrogens is 412 g/mol. The number of nitro groups is 2. The van der Waals surface area contributed by atoms with E-state index in [-0.39, 0.29) is 11.4 Å². The highest BCUT2D eigenvalue weighted by Crippen LogP contribution is 2.23. The molecule has 0 unspecified atom stereocenters. The Morgan fingerprint density at radius 1 is 0.844 bits per heavy atom. The van der Waals surface area contributed by atoms with Gasteiger partial charge >= 0.3 is 0 Å². The fraction of sp³-hybridized carbons (Fsp3) is 0. The average Bonchev–Trinajstić information content (AvgIpc) is 3.24. The number of hydrogen-bond acceptors (Lipinski definition) is 7. The molecule has 0 fully saturated rings. The number of nitrogens with zero attached hydrogens (tertiary/aromatic N) is 5.